The van der Waals surface area contributed by atoms with Crippen LogP contribution in [0, 0.1) is 0 Å². The Morgan fingerprint density at radius 1 is 1.04 bits per heavy atom. The van der Waals surface area contributed by atoms with Crippen LogP contribution in [0.5, 0.6) is 0 Å². The van der Waals surface area contributed by atoms with Crippen molar-refractivity contribution >= 4 is 40.8 Å². The SMILES string of the molecule is O=C1NC2CC(Cl)C(Cl)CC2N1C1CCN(Cc2ccc(Cl)cc2)CC1. The lowest BCUT2D eigenvalue weighted by atomic mass is 9.88. The van der Waals surface area contributed by atoms with E-state index in [0.717, 1.165) is 50.3 Å². The number of carbonyl (C=O) groups excluding carboxylic acids is 1. The molecule has 3 aliphatic rings. The van der Waals surface area contributed by atoms with E-state index in [-0.39, 0.29) is 28.9 Å². The van der Waals surface area contributed by atoms with Crippen LogP contribution in [0.3, 0.4) is 0 Å². The van der Waals surface area contributed by atoms with Gasteiger partial charge < -0.3 is 10.2 Å². The summed E-state index contributed by atoms with van der Waals surface area (Å²) in [5, 5.41) is 3.78. The lowest BCUT2D eigenvalue weighted by Gasteiger charge is -2.41. The molecule has 2 heterocycles. The Hall–Kier alpha value is -0.680. The molecule has 0 aromatic heterocycles. The Kier molecular flexibility index (Phi) is 5.56. The largest absolute Gasteiger partial charge is 0.333 e. The molecule has 1 aromatic rings. The average Bonchev–Trinajstić information content (AvgIpc) is 2.93. The first-order valence-corrected chi connectivity index (χ1v) is 10.6. The van der Waals surface area contributed by atoms with Gasteiger partial charge in [0.15, 0.2) is 0 Å². The molecule has 7 heteroatoms. The number of nitrogens with zero attached hydrogens (tertiary/aromatic N) is 2. The fourth-order valence-electron chi connectivity index (χ4n) is 4.58. The van der Waals surface area contributed by atoms with Crippen LogP contribution in [-0.2, 0) is 6.54 Å². The van der Waals surface area contributed by atoms with Crippen LogP contribution < -0.4 is 5.32 Å². The maximum Gasteiger partial charge on any atom is 0.318 e. The third-order valence-corrected chi connectivity index (χ3v) is 7.32. The molecule has 2 aliphatic heterocycles. The number of rotatable bonds is 3. The molecule has 2 amide bonds. The van der Waals surface area contributed by atoms with Crippen molar-refractivity contribution in [2.75, 3.05) is 13.1 Å². The van der Waals surface area contributed by atoms with E-state index in [2.05, 4.69) is 27.2 Å². The maximum absolute atomic E-state index is 12.6. The fourth-order valence-corrected chi connectivity index (χ4v) is 5.28. The summed E-state index contributed by atoms with van der Waals surface area (Å²) in [6.07, 6.45) is 3.55. The van der Waals surface area contributed by atoms with E-state index in [1.54, 1.807) is 0 Å². The summed E-state index contributed by atoms with van der Waals surface area (Å²) < 4.78 is 0. The van der Waals surface area contributed by atoms with Crippen LogP contribution in [-0.4, -0.2) is 57.8 Å². The molecule has 1 aromatic carbocycles. The molecule has 1 N–H and O–H groups in total. The first-order valence-electron chi connectivity index (χ1n) is 9.35. The van der Waals surface area contributed by atoms with E-state index in [9.17, 15) is 4.79 Å². The van der Waals surface area contributed by atoms with Crippen molar-refractivity contribution in [3.05, 3.63) is 34.9 Å². The molecule has 0 bridgehead atoms. The highest BCUT2D eigenvalue weighted by Gasteiger charge is 2.48. The molecule has 2 saturated heterocycles. The number of piperidine rings is 1. The molecule has 0 radical (unpaired) electrons. The summed E-state index contributed by atoms with van der Waals surface area (Å²) in [6.45, 7) is 2.92. The fraction of sp³-hybridized carbons (Fsp3) is 0.632. The summed E-state index contributed by atoms with van der Waals surface area (Å²) in [5.74, 6) is 0. The molecule has 26 heavy (non-hydrogen) atoms. The van der Waals surface area contributed by atoms with Gasteiger partial charge in [0, 0.05) is 30.7 Å². The topological polar surface area (TPSA) is 35.6 Å². The van der Waals surface area contributed by atoms with Crippen molar-refractivity contribution in [3.8, 4) is 0 Å². The van der Waals surface area contributed by atoms with Crippen LogP contribution in [0.2, 0.25) is 5.02 Å². The maximum atomic E-state index is 12.6. The molecule has 4 unspecified atom stereocenters. The number of hydrogen-bond donors (Lipinski definition) is 1. The summed E-state index contributed by atoms with van der Waals surface area (Å²) in [5.41, 5.74) is 1.28. The number of alkyl halides is 2. The minimum atomic E-state index is -0.0573. The molecule has 3 fully saturated rings. The zero-order chi connectivity index (χ0) is 18.3. The van der Waals surface area contributed by atoms with Crippen LogP contribution >= 0.6 is 34.8 Å². The predicted octanol–water partition coefficient (Wildman–Crippen LogP) is 4.08. The quantitative estimate of drug-likeness (QED) is 0.754. The van der Waals surface area contributed by atoms with Crippen molar-refractivity contribution in [2.45, 2.75) is 61.1 Å². The zero-order valence-electron chi connectivity index (χ0n) is 14.6. The summed E-state index contributed by atoms with van der Waals surface area (Å²) >= 11 is 18.7. The van der Waals surface area contributed by atoms with Gasteiger partial charge in [0.2, 0.25) is 0 Å². The lowest BCUT2D eigenvalue weighted by molar-refractivity contribution is 0.0999. The summed E-state index contributed by atoms with van der Waals surface area (Å²) in [4.78, 5) is 17.1. The second-order valence-corrected chi connectivity index (χ2v) is 9.23. The van der Waals surface area contributed by atoms with E-state index in [0.29, 0.717) is 6.04 Å². The Morgan fingerprint density at radius 2 is 1.69 bits per heavy atom. The van der Waals surface area contributed by atoms with E-state index < -0.39 is 0 Å². The van der Waals surface area contributed by atoms with E-state index in [1.165, 1.54) is 5.56 Å². The molecule has 142 valence electrons. The van der Waals surface area contributed by atoms with Gasteiger partial charge in [-0.15, -0.1) is 23.2 Å². The molecular formula is C19H24Cl3N3O. The number of urea groups is 1. The van der Waals surface area contributed by atoms with Crippen molar-refractivity contribution in [1.82, 2.24) is 15.1 Å². The van der Waals surface area contributed by atoms with Crippen LogP contribution in [0.15, 0.2) is 24.3 Å². The molecule has 0 spiro atoms. The summed E-state index contributed by atoms with van der Waals surface area (Å²) in [6, 6.07) is 8.73. The normalized spacial score (nSPS) is 33.2. The summed E-state index contributed by atoms with van der Waals surface area (Å²) in [7, 11) is 0. The molecule has 1 aliphatic carbocycles. The number of fused-ring (bicyclic) bond motifs is 1. The molecular weight excluding hydrogens is 393 g/mol. The highest BCUT2D eigenvalue weighted by atomic mass is 35.5. The zero-order valence-corrected chi connectivity index (χ0v) is 16.9. The van der Waals surface area contributed by atoms with Gasteiger partial charge in [0.1, 0.15) is 0 Å². The van der Waals surface area contributed by atoms with Gasteiger partial charge in [0.05, 0.1) is 22.8 Å². The standard InChI is InChI=1S/C19H24Cl3N3O/c20-13-3-1-12(2-4-13)11-24-7-5-14(6-8-24)25-18-10-16(22)15(21)9-17(18)23-19(25)26/h1-4,14-18H,5-11H2,(H,23,26). The van der Waals surface area contributed by atoms with Gasteiger partial charge >= 0.3 is 6.03 Å². The van der Waals surface area contributed by atoms with Crippen molar-refractivity contribution in [3.63, 3.8) is 0 Å². The smallest absolute Gasteiger partial charge is 0.318 e. The van der Waals surface area contributed by atoms with Gasteiger partial charge in [0.25, 0.3) is 0 Å². The van der Waals surface area contributed by atoms with Crippen LogP contribution in [0.25, 0.3) is 0 Å². The predicted molar refractivity (Wildman–Crippen MR) is 106 cm³/mol. The highest BCUT2D eigenvalue weighted by molar-refractivity contribution is 6.30. The van der Waals surface area contributed by atoms with Gasteiger partial charge in [-0.25, -0.2) is 4.79 Å². The van der Waals surface area contributed by atoms with Crippen molar-refractivity contribution in [1.29, 1.82) is 0 Å². The van der Waals surface area contributed by atoms with Gasteiger partial charge in [-0.05, 0) is 43.4 Å². The Labute approximate surface area is 169 Å². The van der Waals surface area contributed by atoms with Crippen molar-refractivity contribution < 1.29 is 4.79 Å². The van der Waals surface area contributed by atoms with Crippen LogP contribution in [0.4, 0.5) is 4.79 Å². The van der Waals surface area contributed by atoms with E-state index in [4.69, 9.17) is 34.8 Å². The third-order valence-electron chi connectivity index (χ3n) is 5.97. The van der Waals surface area contributed by atoms with Gasteiger partial charge in [-0.3, -0.25) is 4.90 Å². The minimum absolute atomic E-state index is 0.0561. The Bertz CT molecular complexity index is 648. The monoisotopic (exact) mass is 415 g/mol. The number of likely N-dealkylation sites (tertiary alicyclic amines) is 1. The Balaban J connectivity index is 1.35. The Morgan fingerprint density at radius 3 is 2.38 bits per heavy atom. The van der Waals surface area contributed by atoms with Gasteiger partial charge in [-0.2, -0.15) is 0 Å². The van der Waals surface area contributed by atoms with E-state index >= 15 is 0 Å². The number of nitrogens with one attached hydrogen (secondary N) is 1. The first-order chi connectivity index (χ1) is 12.5. The molecule has 1 saturated carbocycles. The number of amides is 2. The number of halogens is 3. The highest BCUT2D eigenvalue weighted by Crippen LogP contribution is 2.36. The molecule has 4 nitrogen and oxygen atoms in total. The first kappa shape index (κ1) is 18.7. The van der Waals surface area contributed by atoms with Crippen molar-refractivity contribution in [2.24, 2.45) is 0 Å². The third kappa shape index (κ3) is 3.80. The lowest BCUT2D eigenvalue weighted by Crippen LogP contribution is -2.52. The average molecular weight is 417 g/mol. The second kappa shape index (κ2) is 7.75. The number of benzene rings is 1. The number of carbonyl (C=O) groups is 1. The molecule has 4 rings (SSSR count). The molecule has 4 atom stereocenters. The number of hydrogen-bond acceptors (Lipinski definition) is 2. The van der Waals surface area contributed by atoms with E-state index in [1.807, 2.05) is 12.1 Å². The minimum Gasteiger partial charge on any atom is -0.333 e. The second-order valence-electron chi connectivity index (χ2n) is 7.67. The van der Waals surface area contributed by atoms with Gasteiger partial charge in [-0.1, -0.05) is 23.7 Å². The van der Waals surface area contributed by atoms with Crippen LogP contribution in [0.1, 0.15) is 31.2 Å².